The fraction of sp³-hybridized carbons (Fsp3) is 0.375. The van der Waals surface area contributed by atoms with Gasteiger partial charge in [0, 0.05) is 10.4 Å². The van der Waals surface area contributed by atoms with Crippen LogP contribution in [0, 0.1) is 6.92 Å². The zero-order valence-electron chi connectivity index (χ0n) is 13.0. The summed E-state index contributed by atoms with van der Waals surface area (Å²) in [4.78, 5) is 17.7. The number of hydrogen-bond acceptors (Lipinski definition) is 5. The lowest BCUT2D eigenvalue weighted by Gasteiger charge is -2.07. The number of carbonyl (C=O) groups excluding carboxylic acids is 1. The fourth-order valence-electron chi connectivity index (χ4n) is 2.07. The van der Waals surface area contributed by atoms with E-state index in [9.17, 15) is 9.90 Å². The Morgan fingerprint density at radius 2 is 2.23 bits per heavy atom. The predicted molar refractivity (Wildman–Crippen MR) is 86.7 cm³/mol. The lowest BCUT2D eigenvalue weighted by molar-refractivity contribution is 0.0951. The summed E-state index contributed by atoms with van der Waals surface area (Å²) in [6.07, 6.45) is 2.02. The molecule has 0 aliphatic rings. The highest BCUT2D eigenvalue weighted by Crippen LogP contribution is 2.26. The minimum Gasteiger partial charge on any atom is -0.504 e. The average molecular weight is 320 g/mol. The summed E-state index contributed by atoms with van der Waals surface area (Å²) in [6.45, 7) is 4.52. The van der Waals surface area contributed by atoms with Gasteiger partial charge in [-0.05, 0) is 38.0 Å². The normalized spacial score (nSPS) is 10.5. The molecule has 2 aromatic rings. The molecule has 0 saturated heterocycles. The Balaban J connectivity index is 2.02. The summed E-state index contributed by atoms with van der Waals surface area (Å²) in [7, 11) is 1.47. The minimum absolute atomic E-state index is 0.0469. The Kier molecular flexibility index (Phi) is 5.38. The molecule has 0 aliphatic carbocycles. The largest absolute Gasteiger partial charge is 0.504 e. The van der Waals surface area contributed by atoms with Crippen molar-refractivity contribution in [3.8, 4) is 11.5 Å². The predicted octanol–water partition coefficient (Wildman–Crippen LogP) is 3.05. The Bertz CT molecular complexity index is 667. The van der Waals surface area contributed by atoms with Crippen LogP contribution in [0.3, 0.4) is 0 Å². The van der Waals surface area contributed by atoms with Gasteiger partial charge >= 0.3 is 0 Å². The molecular weight excluding hydrogens is 300 g/mol. The number of phenolic OH excluding ortho intramolecular Hbond substituents is 1. The van der Waals surface area contributed by atoms with E-state index in [1.54, 1.807) is 23.5 Å². The van der Waals surface area contributed by atoms with E-state index in [1.807, 2.05) is 6.92 Å². The number of phenols is 1. The quantitative estimate of drug-likeness (QED) is 0.858. The first-order valence-electron chi connectivity index (χ1n) is 7.15. The van der Waals surface area contributed by atoms with Crippen LogP contribution in [0.5, 0.6) is 11.5 Å². The van der Waals surface area contributed by atoms with Crippen LogP contribution in [0.1, 0.15) is 39.3 Å². The third-order valence-electron chi connectivity index (χ3n) is 3.25. The van der Waals surface area contributed by atoms with Crippen molar-refractivity contribution in [2.45, 2.75) is 33.2 Å². The molecule has 1 aromatic heterocycles. The number of aryl methyl sites for hydroxylation is 2. The van der Waals surface area contributed by atoms with E-state index in [1.165, 1.54) is 13.2 Å². The summed E-state index contributed by atoms with van der Waals surface area (Å²) < 4.78 is 4.96. The zero-order chi connectivity index (χ0) is 16.1. The molecule has 5 nitrogen and oxygen atoms in total. The van der Waals surface area contributed by atoms with Gasteiger partial charge in [-0.15, -0.1) is 11.3 Å². The van der Waals surface area contributed by atoms with Crippen LogP contribution >= 0.6 is 11.3 Å². The monoisotopic (exact) mass is 320 g/mol. The molecule has 0 unspecified atom stereocenters. The number of aromatic hydroxyl groups is 1. The van der Waals surface area contributed by atoms with Gasteiger partial charge < -0.3 is 15.2 Å². The first-order valence-corrected chi connectivity index (χ1v) is 7.97. The number of amides is 1. The molecule has 1 heterocycles. The number of benzene rings is 1. The van der Waals surface area contributed by atoms with Crippen LogP contribution in [-0.4, -0.2) is 23.1 Å². The molecule has 22 heavy (non-hydrogen) atoms. The number of rotatable bonds is 6. The number of carbonyl (C=O) groups is 1. The van der Waals surface area contributed by atoms with Crippen LogP contribution in [0.15, 0.2) is 18.2 Å². The number of nitrogens with one attached hydrogen (secondary N) is 1. The van der Waals surface area contributed by atoms with Gasteiger partial charge in [-0.25, -0.2) is 4.98 Å². The summed E-state index contributed by atoms with van der Waals surface area (Å²) in [6, 6.07) is 4.59. The maximum absolute atomic E-state index is 12.1. The molecule has 0 aliphatic heterocycles. The van der Waals surface area contributed by atoms with E-state index in [0.717, 1.165) is 28.4 Å². The van der Waals surface area contributed by atoms with E-state index >= 15 is 0 Å². The van der Waals surface area contributed by atoms with Crippen LogP contribution in [0.2, 0.25) is 0 Å². The van der Waals surface area contributed by atoms with Crippen LogP contribution < -0.4 is 10.1 Å². The van der Waals surface area contributed by atoms with Crippen molar-refractivity contribution in [3.63, 3.8) is 0 Å². The van der Waals surface area contributed by atoms with Crippen molar-refractivity contribution in [3.05, 3.63) is 39.3 Å². The number of nitrogens with zero attached hydrogens (tertiary/aromatic N) is 1. The highest BCUT2D eigenvalue weighted by atomic mass is 32.1. The highest BCUT2D eigenvalue weighted by Gasteiger charge is 2.12. The molecule has 0 atom stereocenters. The molecular formula is C16H20N2O3S. The first kappa shape index (κ1) is 16.3. The smallest absolute Gasteiger partial charge is 0.251 e. The van der Waals surface area contributed by atoms with Crippen molar-refractivity contribution in [1.29, 1.82) is 0 Å². The lowest BCUT2D eigenvalue weighted by atomic mass is 10.2. The lowest BCUT2D eigenvalue weighted by Crippen LogP contribution is -2.22. The molecule has 2 rings (SSSR count). The maximum atomic E-state index is 12.1. The van der Waals surface area contributed by atoms with Gasteiger partial charge in [-0.1, -0.05) is 6.92 Å². The number of methoxy groups -OCH3 is 1. The zero-order valence-corrected chi connectivity index (χ0v) is 13.8. The maximum Gasteiger partial charge on any atom is 0.251 e. The average Bonchev–Trinajstić information content (AvgIpc) is 2.85. The van der Waals surface area contributed by atoms with E-state index < -0.39 is 0 Å². The van der Waals surface area contributed by atoms with E-state index in [-0.39, 0.29) is 11.7 Å². The minimum atomic E-state index is -0.234. The van der Waals surface area contributed by atoms with Crippen LogP contribution in [0.4, 0.5) is 0 Å². The van der Waals surface area contributed by atoms with Gasteiger partial charge in [0.2, 0.25) is 0 Å². The van der Waals surface area contributed by atoms with Crippen molar-refractivity contribution < 1.29 is 14.6 Å². The van der Waals surface area contributed by atoms with E-state index in [2.05, 4.69) is 17.2 Å². The van der Waals surface area contributed by atoms with Gasteiger partial charge in [0.1, 0.15) is 0 Å². The summed E-state index contributed by atoms with van der Waals surface area (Å²) in [5.74, 6) is 0.0659. The van der Waals surface area contributed by atoms with Crippen molar-refractivity contribution in [1.82, 2.24) is 10.3 Å². The van der Waals surface area contributed by atoms with Crippen molar-refractivity contribution >= 4 is 17.2 Å². The molecule has 0 spiro atoms. The second-order valence-corrected chi connectivity index (χ2v) is 6.10. The number of aromatic nitrogens is 1. The van der Waals surface area contributed by atoms with Crippen molar-refractivity contribution in [2.75, 3.05) is 7.11 Å². The molecule has 1 amide bonds. The molecule has 0 radical (unpaired) electrons. The fourth-order valence-corrected chi connectivity index (χ4v) is 3.18. The topological polar surface area (TPSA) is 71.5 Å². The number of ether oxygens (including phenoxy) is 1. The van der Waals surface area contributed by atoms with Gasteiger partial charge in [0.25, 0.3) is 5.91 Å². The summed E-state index contributed by atoms with van der Waals surface area (Å²) in [5.41, 5.74) is 1.36. The molecule has 0 saturated carbocycles. The molecule has 6 heteroatoms. The third kappa shape index (κ3) is 3.76. The van der Waals surface area contributed by atoms with Gasteiger partial charge in [-0.3, -0.25) is 4.79 Å². The van der Waals surface area contributed by atoms with Gasteiger partial charge in [-0.2, -0.15) is 0 Å². The number of hydrogen-bond donors (Lipinski definition) is 2. The Hall–Kier alpha value is -2.08. The van der Waals surface area contributed by atoms with E-state index in [0.29, 0.717) is 17.9 Å². The number of thiazole rings is 1. The molecule has 118 valence electrons. The molecule has 0 bridgehead atoms. The van der Waals surface area contributed by atoms with Crippen molar-refractivity contribution in [2.24, 2.45) is 0 Å². The molecule has 2 N–H and O–H groups in total. The van der Waals surface area contributed by atoms with Gasteiger partial charge in [0.05, 0.1) is 24.4 Å². The Morgan fingerprint density at radius 1 is 1.45 bits per heavy atom. The Labute approximate surface area is 134 Å². The molecule has 1 aromatic carbocycles. The second-order valence-electron chi connectivity index (χ2n) is 4.94. The SMILES string of the molecule is CCCc1nc(C)c(CNC(=O)c2ccc(OC)c(O)c2)s1. The third-order valence-corrected chi connectivity index (χ3v) is 4.47. The Morgan fingerprint density at radius 3 is 2.86 bits per heavy atom. The highest BCUT2D eigenvalue weighted by molar-refractivity contribution is 7.11. The summed E-state index contributed by atoms with van der Waals surface area (Å²) >= 11 is 1.64. The summed E-state index contributed by atoms with van der Waals surface area (Å²) in [5, 5.41) is 13.7. The standard InChI is InChI=1S/C16H20N2O3S/c1-4-5-15-18-10(2)14(22-15)9-17-16(20)11-6-7-13(21-3)12(19)8-11/h6-8,19H,4-5,9H2,1-3H3,(H,17,20). The van der Waals surface area contributed by atoms with Gasteiger partial charge in [0.15, 0.2) is 11.5 Å². The van der Waals surface area contributed by atoms with E-state index in [4.69, 9.17) is 4.74 Å². The second kappa shape index (κ2) is 7.26. The van der Waals surface area contributed by atoms with Crippen LogP contribution in [-0.2, 0) is 13.0 Å². The molecule has 0 fully saturated rings. The van der Waals surface area contributed by atoms with Crippen LogP contribution in [0.25, 0.3) is 0 Å². The first-order chi connectivity index (χ1) is 10.5.